The molecule has 0 bridgehead atoms. The number of piperidine rings is 1. The van der Waals surface area contributed by atoms with E-state index in [2.05, 4.69) is 10.6 Å². The highest BCUT2D eigenvalue weighted by atomic mass is 16.2. The number of nitrogens with zero attached hydrogens (tertiary/aromatic N) is 2. The molecule has 1 unspecified atom stereocenters. The summed E-state index contributed by atoms with van der Waals surface area (Å²) in [4.78, 5) is 65.0. The monoisotopic (exact) mass is 504 g/mol. The number of carbonyl (C=O) groups is 5. The van der Waals surface area contributed by atoms with E-state index < -0.39 is 18.0 Å². The second-order valence-electron chi connectivity index (χ2n) is 9.67. The highest BCUT2D eigenvalue weighted by molar-refractivity contribution is 6.05. The van der Waals surface area contributed by atoms with E-state index in [4.69, 9.17) is 0 Å². The van der Waals surface area contributed by atoms with Gasteiger partial charge in [-0.25, -0.2) is 0 Å². The van der Waals surface area contributed by atoms with Gasteiger partial charge < -0.3 is 15.1 Å². The van der Waals surface area contributed by atoms with Gasteiger partial charge in [0.25, 0.3) is 5.91 Å². The van der Waals surface area contributed by atoms with Crippen LogP contribution < -0.4 is 10.6 Å². The molecule has 0 aliphatic carbocycles. The van der Waals surface area contributed by atoms with Gasteiger partial charge in [0.2, 0.25) is 23.6 Å². The van der Waals surface area contributed by atoms with E-state index in [1.54, 1.807) is 18.0 Å². The van der Waals surface area contributed by atoms with Crippen LogP contribution in [0, 0.1) is 0 Å². The first kappa shape index (κ1) is 26.1. The third-order valence-electron chi connectivity index (χ3n) is 6.93. The number of hydrogen-bond donors (Lipinski definition) is 2. The van der Waals surface area contributed by atoms with Crippen molar-refractivity contribution in [2.45, 2.75) is 64.2 Å². The molecule has 4 rings (SSSR count). The smallest absolute Gasteiger partial charge is 0.255 e. The quantitative estimate of drug-likeness (QED) is 0.507. The van der Waals surface area contributed by atoms with Gasteiger partial charge in [-0.15, -0.1) is 0 Å². The molecule has 2 N–H and O–H groups in total. The topological polar surface area (TPSA) is 116 Å². The highest BCUT2D eigenvalue weighted by Gasteiger charge is 2.39. The zero-order valence-corrected chi connectivity index (χ0v) is 21.2. The van der Waals surface area contributed by atoms with Crippen molar-refractivity contribution < 1.29 is 24.0 Å². The Bertz CT molecular complexity index is 1210. The number of carbonyl (C=O) groups excluding carboxylic acids is 5. The van der Waals surface area contributed by atoms with Crippen LogP contribution in [0.2, 0.25) is 0 Å². The van der Waals surface area contributed by atoms with Gasteiger partial charge in [-0.1, -0.05) is 42.5 Å². The van der Waals surface area contributed by atoms with E-state index >= 15 is 0 Å². The lowest BCUT2D eigenvalue weighted by atomic mass is 9.97. The summed E-state index contributed by atoms with van der Waals surface area (Å²) < 4.78 is 0. The van der Waals surface area contributed by atoms with Crippen molar-refractivity contribution in [1.29, 1.82) is 0 Å². The molecule has 2 aliphatic rings. The maximum Gasteiger partial charge on any atom is 0.255 e. The van der Waals surface area contributed by atoms with Gasteiger partial charge >= 0.3 is 0 Å². The Morgan fingerprint density at radius 3 is 2.57 bits per heavy atom. The van der Waals surface area contributed by atoms with Crippen molar-refractivity contribution in [1.82, 2.24) is 20.4 Å². The van der Waals surface area contributed by atoms with Crippen LogP contribution in [-0.4, -0.2) is 58.5 Å². The minimum Gasteiger partial charge on any atom is -0.345 e. The van der Waals surface area contributed by atoms with Gasteiger partial charge in [0, 0.05) is 39.0 Å². The maximum absolute atomic E-state index is 13.1. The Morgan fingerprint density at radius 2 is 1.86 bits per heavy atom. The van der Waals surface area contributed by atoms with Gasteiger partial charge in [-0.3, -0.25) is 29.3 Å². The predicted molar refractivity (Wildman–Crippen MR) is 136 cm³/mol. The maximum atomic E-state index is 13.1. The lowest BCUT2D eigenvalue weighted by Crippen LogP contribution is -2.52. The molecule has 2 heterocycles. The molecule has 2 aromatic rings. The number of imide groups is 1. The SMILES string of the molecule is CC(=O)N[C@@H](CCCc1cccc2c1CN(C1CCC(=O)NC1=O)C2=O)C(=O)N(C)Cc1ccccc1. The number of rotatable bonds is 9. The van der Waals surface area contributed by atoms with E-state index in [9.17, 15) is 24.0 Å². The number of fused-ring (bicyclic) bond motifs is 1. The van der Waals surface area contributed by atoms with Crippen LogP contribution >= 0.6 is 0 Å². The summed E-state index contributed by atoms with van der Waals surface area (Å²) >= 11 is 0. The molecule has 37 heavy (non-hydrogen) atoms. The molecule has 0 saturated carbocycles. The summed E-state index contributed by atoms with van der Waals surface area (Å²) in [6.07, 6.45) is 2.22. The third-order valence-corrected chi connectivity index (χ3v) is 6.93. The van der Waals surface area contributed by atoms with Crippen molar-refractivity contribution in [3.8, 4) is 0 Å². The average molecular weight is 505 g/mol. The van der Waals surface area contributed by atoms with Crippen molar-refractivity contribution in [2.24, 2.45) is 0 Å². The first-order valence-electron chi connectivity index (χ1n) is 12.6. The minimum absolute atomic E-state index is 0.156. The molecule has 5 amide bonds. The van der Waals surface area contributed by atoms with Gasteiger partial charge in [0.1, 0.15) is 12.1 Å². The number of benzene rings is 2. The zero-order chi connectivity index (χ0) is 26.5. The van der Waals surface area contributed by atoms with Crippen molar-refractivity contribution in [3.63, 3.8) is 0 Å². The molecule has 194 valence electrons. The molecule has 0 aromatic heterocycles. The van der Waals surface area contributed by atoms with Crippen LogP contribution in [0.15, 0.2) is 48.5 Å². The zero-order valence-electron chi connectivity index (χ0n) is 21.2. The van der Waals surface area contributed by atoms with E-state index in [-0.39, 0.29) is 30.0 Å². The summed E-state index contributed by atoms with van der Waals surface area (Å²) in [6.45, 7) is 2.15. The molecular formula is C28H32N4O5. The first-order valence-corrected chi connectivity index (χ1v) is 12.6. The van der Waals surface area contributed by atoms with Crippen LogP contribution in [0.4, 0.5) is 0 Å². The van der Waals surface area contributed by atoms with Crippen molar-refractivity contribution >= 4 is 29.5 Å². The first-order chi connectivity index (χ1) is 17.7. The molecule has 0 spiro atoms. The Labute approximate surface area is 216 Å². The van der Waals surface area contributed by atoms with E-state index in [0.29, 0.717) is 44.3 Å². The van der Waals surface area contributed by atoms with Crippen LogP contribution in [-0.2, 0) is 38.7 Å². The number of likely N-dealkylation sites (N-methyl/N-ethyl adjacent to an activating group) is 1. The van der Waals surface area contributed by atoms with Gasteiger partial charge in [-0.2, -0.15) is 0 Å². The van der Waals surface area contributed by atoms with Crippen molar-refractivity contribution in [3.05, 3.63) is 70.8 Å². The molecule has 2 atom stereocenters. The molecule has 0 radical (unpaired) electrons. The number of aryl methyl sites for hydroxylation is 1. The van der Waals surface area contributed by atoms with E-state index in [1.807, 2.05) is 42.5 Å². The lowest BCUT2D eigenvalue weighted by molar-refractivity contribution is -0.137. The average Bonchev–Trinajstić information content (AvgIpc) is 3.20. The van der Waals surface area contributed by atoms with Crippen LogP contribution in [0.5, 0.6) is 0 Å². The number of amides is 5. The Balaban J connectivity index is 1.40. The molecule has 1 fully saturated rings. The van der Waals surface area contributed by atoms with Gasteiger partial charge in [0.15, 0.2) is 0 Å². The Morgan fingerprint density at radius 1 is 1.11 bits per heavy atom. The second kappa shape index (κ2) is 11.4. The van der Waals surface area contributed by atoms with Crippen LogP contribution in [0.1, 0.15) is 59.7 Å². The summed E-state index contributed by atoms with van der Waals surface area (Å²) in [5.41, 5.74) is 3.43. The summed E-state index contributed by atoms with van der Waals surface area (Å²) in [7, 11) is 1.73. The Kier molecular flexibility index (Phi) is 8.01. The predicted octanol–water partition coefficient (Wildman–Crippen LogP) is 1.93. The fourth-order valence-electron chi connectivity index (χ4n) is 5.08. The van der Waals surface area contributed by atoms with Gasteiger partial charge in [0.05, 0.1) is 0 Å². The molecule has 2 aromatic carbocycles. The fraction of sp³-hybridized carbons (Fsp3) is 0.393. The molecule has 9 nitrogen and oxygen atoms in total. The largest absolute Gasteiger partial charge is 0.345 e. The molecule has 1 saturated heterocycles. The van der Waals surface area contributed by atoms with Crippen molar-refractivity contribution in [2.75, 3.05) is 7.05 Å². The fourth-order valence-corrected chi connectivity index (χ4v) is 5.08. The third kappa shape index (κ3) is 6.04. The van der Waals surface area contributed by atoms with Crippen LogP contribution in [0.25, 0.3) is 0 Å². The van der Waals surface area contributed by atoms with Gasteiger partial charge in [-0.05, 0) is 48.4 Å². The summed E-state index contributed by atoms with van der Waals surface area (Å²) in [5, 5.41) is 5.11. The lowest BCUT2D eigenvalue weighted by Gasteiger charge is -2.29. The molecular weight excluding hydrogens is 472 g/mol. The molecule has 9 heteroatoms. The van der Waals surface area contributed by atoms with Crippen LogP contribution in [0.3, 0.4) is 0 Å². The summed E-state index contributed by atoms with van der Waals surface area (Å²) in [6, 6.07) is 13.9. The van der Waals surface area contributed by atoms with E-state index in [1.165, 1.54) is 11.8 Å². The minimum atomic E-state index is -0.660. The normalized spacial score (nSPS) is 17.7. The van der Waals surface area contributed by atoms with E-state index in [0.717, 1.165) is 16.7 Å². The molecule has 2 aliphatic heterocycles. The highest BCUT2D eigenvalue weighted by Crippen LogP contribution is 2.30. The summed E-state index contributed by atoms with van der Waals surface area (Å²) in [5.74, 6) is -1.38. The number of nitrogens with one attached hydrogen (secondary N) is 2. The Hall–Kier alpha value is -4.01. The number of hydrogen-bond acceptors (Lipinski definition) is 5. The second-order valence-corrected chi connectivity index (χ2v) is 9.67. The standard InChI is InChI=1S/C28H32N4O5/c1-18(33)29-23(28(37)31(2)16-19-8-4-3-5-9-19)13-7-11-20-10-6-12-21-22(20)17-32(27(21)36)24-14-15-25(34)30-26(24)35/h3-6,8-10,12,23-24H,7,11,13-17H2,1-2H3,(H,29,33)(H,30,34,35)/t23-,24?/m0/s1.